The molecule has 1 aliphatic heterocycles. The van der Waals surface area contributed by atoms with E-state index < -0.39 is 11.7 Å². The van der Waals surface area contributed by atoms with Crippen molar-refractivity contribution in [2.75, 3.05) is 12.3 Å². The molecule has 1 unspecified atom stereocenters. The van der Waals surface area contributed by atoms with Gasteiger partial charge in [0.15, 0.2) is 0 Å². The van der Waals surface area contributed by atoms with Gasteiger partial charge in [0.25, 0.3) is 5.91 Å². The van der Waals surface area contributed by atoms with Gasteiger partial charge in [-0.2, -0.15) is 5.10 Å². The summed E-state index contributed by atoms with van der Waals surface area (Å²) in [6.07, 6.45) is 1.56. The largest absolute Gasteiger partial charge is 0.382 e. The maximum atomic E-state index is 14.0. The lowest BCUT2D eigenvalue weighted by molar-refractivity contribution is 0.0728. The number of carbonyl (C=O) groups is 1. The number of carbonyl (C=O) groups excluding carboxylic acids is 1. The molecule has 0 saturated carbocycles. The van der Waals surface area contributed by atoms with Gasteiger partial charge in [-0.1, -0.05) is 17.7 Å². The Morgan fingerprint density at radius 3 is 2.82 bits per heavy atom. The fourth-order valence-electron chi connectivity index (χ4n) is 2.69. The normalized spacial score (nSPS) is 17.7. The standard InChI is InChI=1S/C15H14ClFN4O/c16-9-3-1-4-10(17)14(9)15(22)21-8-2-5-12(21)11-6-7-13(18)20-19-11/h1,3-4,6-7,12H,2,5,8H2,(H2,18,20). The van der Waals surface area contributed by atoms with Crippen LogP contribution in [0, 0.1) is 5.82 Å². The molecule has 114 valence electrons. The summed E-state index contributed by atoms with van der Waals surface area (Å²) in [7, 11) is 0. The number of anilines is 1. The summed E-state index contributed by atoms with van der Waals surface area (Å²) >= 11 is 5.99. The SMILES string of the molecule is Nc1ccc(C2CCCN2C(=O)c2c(F)cccc2Cl)nn1. The minimum absolute atomic E-state index is 0.0977. The Bertz CT molecular complexity index is 687. The average Bonchev–Trinajstić information content (AvgIpc) is 2.97. The monoisotopic (exact) mass is 320 g/mol. The molecule has 2 heterocycles. The van der Waals surface area contributed by atoms with Gasteiger partial charge in [-0.3, -0.25) is 4.79 Å². The van der Waals surface area contributed by atoms with E-state index in [1.54, 1.807) is 17.0 Å². The van der Waals surface area contributed by atoms with Gasteiger partial charge in [-0.05, 0) is 37.1 Å². The van der Waals surface area contributed by atoms with E-state index in [2.05, 4.69) is 10.2 Å². The van der Waals surface area contributed by atoms with Crippen LogP contribution in [0.2, 0.25) is 5.02 Å². The van der Waals surface area contributed by atoms with Crippen LogP contribution in [-0.4, -0.2) is 27.5 Å². The summed E-state index contributed by atoms with van der Waals surface area (Å²) in [6, 6.07) is 7.35. The fourth-order valence-corrected chi connectivity index (χ4v) is 2.94. The van der Waals surface area contributed by atoms with Crippen molar-refractivity contribution in [1.29, 1.82) is 0 Å². The minimum atomic E-state index is -0.619. The summed E-state index contributed by atoms with van der Waals surface area (Å²) in [5.74, 6) is -0.729. The zero-order valence-corrected chi connectivity index (χ0v) is 12.4. The molecule has 1 amide bonds. The van der Waals surface area contributed by atoms with Crippen molar-refractivity contribution >= 4 is 23.3 Å². The van der Waals surface area contributed by atoms with Crippen LogP contribution >= 0.6 is 11.6 Å². The third kappa shape index (κ3) is 2.62. The van der Waals surface area contributed by atoms with Gasteiger partial charge in [-0.15, -0.1) is 5.10 Å². The molecule has 2 aromatic rings. The van der Waals surface area contributed by atoms with Gasteiger partial charge in [-0.25, -0.2) is 4.39 Å². The van der Waals surface area contributed by atoms with Gasteiger partial charge in [0.05, 0.1) is 22.3 Å². The first-order chi connectivity index (χ1) is 10.6. The summed E-state index contributed by atoms with van der Waals surface area (Å²) in [5, 5.41) is 7.96. The predicted octanol–water partition coefficient (Wildman–Crippen LogP) is 2.83. The predicted molar refractivity (Wildman–Crippen MR) is 80.9 cm³/mol. The molecule has 22 heavy (non-hydrogen) atoms. The van der Waals surface area contributed by atoms with Crippen LogP contribution in [0.5, 0.6) is 0 Å². The average molecular weight is 321 g/mol. The molecule has 1 aromatic heterocycles. The van der Waals surface area contributed by atoms with Crippen molar-refractivity contribution < 1.29 is 9.18 Å². The first kappa shape index (κ1) is 14.7. The van der Waals surface area contributed by atoms with Crippen LogP contribution in [0.25, 0.3) is 0 Å². The van der Waals surface area contributed by atoms with Crippen LogP contribution in [0.15, 0.2) is 30.3 Å². The molecule has 7 heteroatoms. The molecule has 2 N–H and O–H groups in total. The highest BCUT2D eigenvalue weighted by atomic mass is 35.5. The third-order valence-electron chi connectivity index (χ3n) is 3.74. The highest BCUT2D eigenvalue weighted by Crippen LogP contribution is 2.33. The second-order valence-corrected chi connectivity index (χ2v) is 5.54. The number of aromatic nitrogens is 2. The quantitative estimate of drug-likeness (QED) is 0.923. The lowest BCUT2D eigenvalue weighted by Gasteiger charge is -2.24. The molecule has 1 aromatic carbocycles. The van der Waals surface area contributed by atoms with E-state index in [1.165, 1.54) is 18.2 Å². The Morgan fingerprint density at radius 1 is 1.32 bits per heavy atom. The van der Waals surface area contributed by atoms with E-state index in [0.29, 0.717) is 18.1 Å². The van der Waals surface area contributed by atoms with Gasteiger partial charge in [0.2, 0.25) is 0 Å². The number of hydrogen-bond acceptors (Lipinski definition) is 4. The maximum absolute atomic E-state index is 14.0. The molecular formula is C15H14ClFN4O. The van der Waals surface area contributed by atoms with E-state index in [-0.39, 0.29) is 16.6 Å². The number of rotatable bonds is 2. The summed E-state index contributed by atoms with van der Waals surface area (Å²) in [4.78, 5) is 14.3. The second-order valence-electron chi connectivity index (χ2n) is 5.14. The van der Waals surface area contributed by atoms with E-state index in [0.717, 1.165) is 12.8 Å². The molecule has 3 rings (SSSR count). The minimum Gasteiger partial charge on any atom is -0.382 e. The second kappa shape index (κ2) is 5.88. The lowest BCUT2D eigenvalue weighted by Crippen LogP contribution is -2.32. The topological polar surface area (TPSA) is 72.1 Å². The number of nitrogens with two attached hydrogens (primary N) is 1. The van der Waals surface area contributed by atoms with E-state index in [1.807, 2.05) is 0 Å². The van der Waals surface area contributed by atoms with Crippen molar-refractivity contribution in [3.63, 3.8) is 0 Å². The Morgan fingerprint density at radius 2 is 2.14 bits per heavy atom. The lowest BCUT2D eigenvalue weighted by atomic mass is 10.1. The smallest absolute Gasteiger partial charge is 0.258 e. The number of hydrogen-bond donors (Lipinski definition) is 1. The Kier molecular flexibility index (Phi) is 3.94. The van der Waals surface area contributed by atoms with Crippen molar-refractivity contribution in [2.45, 2.75) is 18.9 Å². The number of nitrogen functional groups attached to an aromatic ring is 1. The molecule has 0 bridgehead atoms. The number of amides is 1. The number of likely N-dealkylation sites (tertiary alicyclic amines) is 1. The van der Waals surface area contributed by atoms with Crippen molar-refractivity contribution in [3.8, 4) is 0 Å². The van der Waals surface area contributed by atoms with Crippen molar-refractivity contribution in [2.24, 2.45) is 0 Å². The summed E-state index contributed by atoms with van der Waals surface area (Å²) in [5.41, 5.74) is 6.08. The fraction of sp³-hybridized carbons (Fsp3) is 0.267. The van der Waals surface area contributed by atoms with Crippen molar-refractivity contribution in [3.05, 3.63) is 52.4 Å². The van der Waals surface area contributed by atoms with Crippen molar-refractivity contribution in [1.82, 2.24) is 15.1 Å². The number of nitrogens with zero attached hydrogens (tertiary/aromatic N) is 3. The maximum Gasteiger partial charge on any atom is 0.258 e. The van der Waals surface area contributed by atoms with Gasteiger partial charge in [0, 0.05) is 6.54 Å². The first-order valence-corrected chi connectivity index (χ1v) is 7.30. The third-order valence-corrected chi connectivity index (χ3v) is 4.05. The molecule has 0 aliphatic carbocycles. The highest BCUT2D eigenvalue weighted by molar-refractivity contribution is 6.33. The highest BCUT2D eigenvalue weighted by Gasteiger charge is 2.33. The Labute approximate surface area is 131 Å². The zero-order chi connectivity index (χ0) is 15.7. The van der Waals surface area contributed by atoms with E-state index in [9.17, 15) is 9.18 Å². The number of halogens is 2. The summed E-state index contributed by atoms with van der Waals surface area (Å²) in [6.45, 7) is 0.528. The first-order valence-electron chi connectivity index (χ1n) is 6.92. The van der Waals surface area contributed by atoms with Crippen LogP contribution in [0.1, 0.15) is 34.9 Å². The molecular weight excluding hydrogens is 307 g/mol. The molecule has 1 fully saturated rings. The van der Waals surface area contributed by atoms with Crippen LogP contribution in [0.3, 0.4) is 0 Å². The van der Waals surface area contributed by atoms with Crippen LogP contribution in [0.4, 0.5) is 10.2 Å². The van der Waals surface area contributed by atoms with Crippen LogP contribution < -0.4 is 5.73 Å². The molecule has 1 saturated heterocycles. The van der Waals surface area contributed by atoms with Crippen LogP contribution in [-0.2, 0) is 0 Å². The molecule has 0 spiro atoms. The Balaban J connectivity index is 1.93. The molecule has 0 radical (unpaired) electrons. The van der Waals surface area contributed by atoms with E-state index >= 15 is 0 Å². The molecule has 1 aliphatic rings. The number of benzene rings is 1. The Hall–Kier alpha value is -2.21. The summed E-state index contributed by atoms with van der Waals surface area (Å²) < 4.78 is 14.0. The zero-order valence-electron chi connectivity index (χ0n) is 11.7. The molecule has 5 nitrogen and oxygen atoms in total. The van der Waals surface area contributed by atoms with Gasteiger partial charge in [0.1, 0.15) is 11.6 Å². The van der Waals surface area contributed by atoms with Gasteiger partial charge < -0.3 is 10.6 Å². The van der Waals surface area contributed by atoms with E-state index in [4.69, 9.17) is 17.3 Å². The van der Waals surface area contributed by atoms with Gasteiger partial charge >= 0.3 is 0 Å². The molecule has 1 atom stereocenters.